The number of amides is 3. The van der Waals surface area contributed by atoms with Crippen LogP contribution >= 0.6 is 15.9 Å². The molecular formula is C23H38BrN3O5. The normalized spacial score (nSPS) is 32.9. The minimum Gasteiger partial charge on any atom is -0.396 e. The fraction of sp³-hybridized carbons (Fsp3) is 0.870. The molecule has 182 valence electrons. The van der Waals surface area contributed by atoms with Gasteiger partial charge in [0.25, 0.3) is 0 Å². The van der Waals surface area contributed by atoms with Crippen LogP contribution in [0, 0.1) is 11.8 Å². The number of nitrogens with one attached hydrogen (secondary N) is 2. The SMILES string of the molecule is CCCCNC(=O)C1N(CCCCCCO)C(=O)[C@@H]2[C@@H](C(=O)NCCC)[C@@H]3OC12CC3Br. The van der Waals surface area contributed by atoms with Crippen molar-refractivity contribution in [2.75, 3.05) is 26.2 Å². The Morgan fingerprint density at radius 2 is 1.81 bits per heavy atom. The number of carbonyl (C=O) groups is 3. The van der Waals surface area contributed by atoms with Crippen LogP contribution in [0.15, 0.2) is 0 Å². The average molecular weight is 516 g/mol. The maximum absolute atomic E-state index is 13.7. The lowest BCUT2D eigenvalue weighted by Crippen LogP contribution is -2.56. The van der Waals surface area contributed by atoms with Crippen LogP contribution in [-0.2, 0) is 19.1 Å². The topological polar surface area (TPSA) is 108 Å². The summed E-state index contributed by atoms with van der Waals surface area (Å²) in [7, 11) is 0. The standard InChI is InChI=1S/C23H38BrN3O5/c1-3-5-11-26-21(30)19-23-14-15(24)18(32-23)16(20(29)25-10-4-2)17(23)22(31)27(19)12-8-6-7-9-13-28/h15-19,28H,3-14H2,1-2H3,(H,25,29)(H,26,30)/t15?,16-,17+,18-,19?,23?/m1/s1. The number of carbonyl (C=O) groups excluding carboxylic acids is 3. The number of hydrogen-bond donors (Lipinski definition) is 3. The van der Waals surface area contributed by atoms with Gasteiger partial charge >= 0.3 is 0 Å². The van der Waals surface area contributed by atoms with E-state index in [0.29, 0.717) is 26.1 Å². The Balaban J connectivity index is 1.85. The quantitative estimate of drug-likeness (QED) is 0.255. The van der Waals surface area contributed by atoms with Crippen molar-refractivity contribution in [1.82, 2.24) is 15.5 Å². The van der Waals surface area contributed by atoms with Crippen LogP contribution in [0.2, 0.25) is 0 Å². The second kappa shape index (κ2) is 11.3. The Kier molecular flexibility index (Phi) is 8.97. The molecule has 0 radical (unpaired) electrons. The summed E-state index contributed by atoms with van der Waals surface area (Å²) < 4.78 is 6.43. The highest BCUT2D eigenvalue weighted by molar-refractivity contribution is 9.09. The van der Waals surface area contributed by atoms with Gasteiger partial charge in [-0.2, -0.15) is 0 Å². The minimum absolute atomic E-state index is 0.0700. The van der Waals surface area contributed by atoms with E-state index in [0.717, 1.165) is 44.9 Å². The molecular weight excluding hydrogens is 478 g/mol. The number of ether oxygens (including phenoxy) is 1. The molecule has 6 atom stereocenters. The first kappa shape index (κ1) is 25.4. The molecule has 3 aliphatic rings. The van der Waals surface area contributed by atoms with Crippen LogP contribution in [0.3, 0.4) is 0 Å². The van der Waals surface area contributed by atoms with Gasteiger partial charge in [0.2, 0.25) is 17.7 Å². The third-order valence-electron chi connectivity index (χ3n) is 7.03. The Bertz CT molecular complexity index is 693. The van der Waals surface area contributed by atoms with Crippen LogP contribution in [-0.4, -0.2) is 76.5 Å². The van der Waals surface area contributed by atoms with Gasteiger partial charge in [0, 0.05) is 31.1 Å². The number of rotatable bonds is 13. The predicted molar refractivity (Wildman–Crippen MR) is 124 cm³/mol. The molecule has 3 N–H and O–H groups in total. The zero-order valence-corrected chi connectivity index (χ0v) is 20.9. The zero-order chi connectivity index (χ0) is 23.3. The van der Waals surface area contributed by atoms with Gasteiger partial charge in [0.1, 0.15) is 11.6 Å². The Morgan fingerprint density at radius 3 is 2.50 bits per heavy atom. The number of unbranched alkanes of at least 4 members (excludes halogenated alkanes) is 4. The van der Waals surface area contributed by atoms with Crippen LogP contribution in [0.5, 0.6) is 0 Å². The smallest absolute Gasteiger partial charge is 0.245 e. The lowest BCUT2D eigenvalue weighted by Gasteiger charge is -2.34. The van der Waals surface area contributed by atoms with E-state index in [9.17, 15) is 14.4 Å². The van der Waals surface area contributed by atoms with Gasteiger partial charge in [-0.3, -0.25) is 14.4 Å². The van der Waals surface area contributed by atoms with E-state index in [1.165, 1.54) is 0 Å². The van der Waals surface area contributed by atoms with Gasteiger partial charge in [-0.25, -0.2) is 0 Å². The first-order chi connectivity index (χ1) is 15.4. The molecule has 32 heavy (non-hydrogen) atoms. The monoisotopic (exact) mass is 515 g/mol. The number of nitrogens with zero attached hydrogens (tertiary/aromatic N) is 1. The van der Waals surface area contributed by atoms with Crippen LogP contribution in [0.25, 0.3) is 0 Å². The molecule has 0 saturated carbocycles. The third kappa shape index (κ3) is 4.71. The molecule has 3 amide bonds. The van der Waals surface area contributed by atoms with Crippen molar-refractivity contribution in [2.45, 2.75) is 87.8 Å². The molecule has 1 spiro atoms. The van der Waals surface area contributed by atoms with Gasteiger partial charge in [0.05, 0.1) is 17.9 Å². The van der Waals surface area contributed by atoms with Crippen molar-refractivity contribution in [2.24, 2.45) is 11.8 Å². The number of hydrogen-bond acceptors (Lipinski definition) is 5. The maximum atomic E-state index is 13.7. The summed E-state index contributed by atoms with van der Waals surface area (Å²) >= 11 is 3.67. The molecule has 3 aliphatic heterocycles. The summed E-state index contributed by atoms with van der Waals surface area (Å²) in [6.45, 7) is 5.79. The highest BCUT2D eigenvalue weighted by atomic mass is 79.9. The molecule has 0 aliphatic carbocycles. The fourth-order valence-electron chi connectivity index (χ4n) is 5.57. The summed E-state index contributed by atoms with van der Waals surface area (Å²) in [6.07, 6.45) is 6.02. The molecule has 9 heteroatoms. The number of aliphatic hydroxyl groups excluding tert-OH is 1. The van der Waals surface area contributed by atoms with Gasteiger partial charge in [-0.1, -0.05) is 49.0 Å². The number of likely N-dealkylation sites (tertiary alicyclic amines) is 1. The molecule has 0 aromatic heterocycles. The summed E-state index contributed by atoms with van der Waals surface area (Å²) in [5.74, 6) is -1.69. The van der Waals surface area contributed by atoms with Crippen molar-refractivity contribution in [1.29, 1.82) is 0 Å². The van der Waals surface area contributed by atoms with Gasteiger partial charge in [-0.05, 0) is 32.1 Å². The number of halogens is 1. The lowest BCUT2D eigenvalue weighted by atomic mass is 9.70. The molecule has 8 nitrogen and oxygen atoms in total. The second-order valence-electron chi connectivity index (χ2n) is 9.27. The van der Waals surface area contributed by atoms with E-state index in [1.807, 2.05) is 6.92 Å². The number of fused-ring (bicyclic) bond motifs is 1. The summed E-state index contributed by atoms with van der Waals surface area (Å²) in [6, 6.07) is -0.719. The van der Waals surface area contributed by atoms with Crippen molar-refractivity contribution < 1.29 is 24.2 Å². The van der Waals surface area contributed by atoms with E-state index < -0.39 is 29.6 Å². The maximum Gasteiger partial charge on any atom is 0.245 e. The molecule has 0 aromatic rings. The van der Waals surface area contributed by atoms with Gasteiger partial charge in [0.15, 0.2) is 0 Å². The van der Waals surface area contributed by atoms with E-state index in [-0.39, 0.29) is 29.2 Å². The highest BCUT2D eigenvalue weighted by Crippen LogP contribution is 2.59. The van der Waals surface area contributed by atoms with Crippen LogP contribution in [0.1, 0.15) is 65.2 Å². The van der Waals surface area contributed by atoms with E-state index in [4.69, 9.17) is 9.84 Å². The molecule has 3 saturated heterocycles. The predicted octanol–water partition coefficient (Wildman–Crippen LogP) is 1.73. The minimum atomic E-state index is -0.967. The molecule has 3 fully saturated rings. The molecule has 3 heterocycles. The zero-order valence-electron chi connectivity index (χ0n) is 19.3. The Morgan fingerprint density at radius 1 is 1.09 bits per heavy atom. The van der Waals surface area contributed by atoms with Crippen LogP contribution in [0.4, 0.5) is 0 Å². The second-order valence-corrected chi connectivity index (χ2v) is 10.4. The molecule has 0 aromatic carbocycles. The largest absolute Gasteiger partial charge is 0.396 e. The average Bonchev–Trinajstić information content (AvgIpc) is 3.35. The van der Waals surface area contributed by atoms with Gasteiger partial charge in [-0.15, -0.1) is 0 Å². The van der Waals surface area contributed by atoms with Crippen molar-refractivity contribution in [3.8, 4) is 0 Å². The van der Waals surface area contributed by atoms with Gasteiger partial charge < -0.3 is 25.4 Å². The van der Waals surface area contributed by atoms with E-state index in [2.05, 4.69) is 33.5 Å². The molecule has 3 unspecified atom stereocenters. The third-order valence-corrected chi connectivity index (χ3v) is 7.87. The van der Waals surface area contributed by atoms with Crippen molar-refractivity contribution in [3.05, 3.63) is 0 Å². The summed E-state index contributed by atoms with van der Waals surface area (Å²) in [5, 5.41) is 15.0. The first-order valence-corrected chi connectivity index (χ1v) is 13.1. The van der Waals surface area contributed by atoms with E-state index >= 15 is 0 Å². The van der Waals surface area contributed by atoms with Crippen LogP contribution < -0.4 is 10.6 Å². The Labute approximate surface area is 199 Å². The fourth-order valence-corrected chi connectivity index (χ4v) is 6.51. The first-order valence-electron chi connectivity index (χ1n) is 12.2. The molecule has 2 bridgehead atoms. The molecule has 3 rings (SSSR count). The lowest BCUT2D eigenvalue weighted by molar-refractivity contribution is -0.142. The summed E-state index contributed by atoms with van der Waals surface area (Å²) in [5.41, 5.74) is -0.967. The summed E-state index contributed by atoms with van der Waals surface area (Å²) in [4.78, 5) is 41.7. The van der Waals surface area contributed by atoms with Crippen molar-refractivity contribution >= 4 is 33.7 Å². The number of aliphatic hydroxyl groups is 1. The van der Waals surface area contributed by atoms with E-state index in [1.54, 1.807) is 4.90 Å². The number of alkyl halides is 1. The Hall–Kier alpha value is -1.19. The highest BCUT2D eigenvalue weighted by Gasteiger charge is 2.76. The van der Waals surface area contributed by atoms with Crippen molar-refractivity contribution in [3.63, 3.8) is 0 Å².